The molecule has 0 heterocycles. The molecule has 3 nitrogen and oxygen atoms in total. The van der Waals surface area contributed by atoms with Gasteiger partial charge in [0.15, 0.2) is 0 Å². The molecule has 2 rings (SSSR count). The van der Waals surface area contributed by atoms with Crippen molar-refractivity contribution < 1.29 is 4.39 Å². The predicted molar refractivity (Wildman–Crippen MR) is 74.9 cm³/mol. The van der Waals surface area contributed by atoms with E-state index in [0.717, 1.165) is 11.3 Å². The van der Waals surface area contributed by atoms with Crippen LogP contribution in [0.15, 0.2) is 36.4 Å². The number of hydrogen-bond acceptors (Lipinski definition) is 3. The minimum atomic E-state index is -0.547. The summed E-state index contributed by atoms with van der Waals surface area (Å²) in [6.45, 7) is 0. The second-order valence-electron chi connectivity index (χ2n) is 4.01. The summed E-state index contributed by atoms with van der Waals surface area (Å²) < 4.78 is 13.2. The van der Waals surface area contributed by atoms with Gasteiger partial charge in [-0.1, -0.05) is 23.7 Å². The van der Waals surface area contributed by atoms with Crippen molar-refractivity contribution in [2.24, 2.45) is 0 Å². The molecule has 0 aromatic heterocycles. The number of nitrogen functional groups attached to an aromatic ring is 1. The van der Waals surface area contributed by atoms with Gasteiger partial charge in [0.25, 0.3) is 0 Å². The fourth-order valence-corrected chi connectivity index (χ4v) is 1.79. The Morgan fingerprint density at radius 1 is 1.26 bits per heavy atom. The standard InChI is InChI=1S/C14H11ClFN3/c15-11-7-14(13(18)8-12(11)16)19-10-3-1-9(2-4-10)5-6-17/h1-4,7-8,19H,5,18H2. The molecule has 0 aliphatic heterocycles. The zero-order valence-corrected chi connectivity index (χ0v) is 10.7. The van der Waals surface area contributed by atoms with Gasteiger partial charge >= 0.3 is 0 Å². The van der Waals surface area contributed by atoms with Gasteiger partial charge in [-0.25, -0.2) is 4.39 Å². The van der Waals surface area contributed by atoms with Gasteiger partial charge in [-0.05, 0) is 23.8 Å². The summed E-state index contributed by atoms with van der Waals surface area (Å²) in [5, 5.41) is 11.6. The summed E-state index contributed by atoms with van der Waals surface area (Å²) in [4.78, 5) is 0. The average molecular weight is 276 g/mol. The van der Waals surface area contributed by atoms with Gasteiger partial charge < -0.3 is 11.1 Å². The van der Waals surface area contributed by atoms with Crippen LogP contribution < -0.4 is 11.1 Å². The molecule has 0 spiro atoms. The first-order chi connectivity index (χ1) is 9.10. The lowest BCUT2D eigenvalue weighted by Crippen LogP contribution is -1.97. The monoisotopic (exact) mass is 275 g/mol. The number of benzene rings is 2. The number of anilines is 3. The lowest BCUT2D eigenvalue weighted by atomic mass is 10.1. The van der Waals surface area contributed by atoms with E-state index < -0.39 is 5.82 Å². The Balaban J connectivity index is 2.22. The smallest absolute Gasteiger partial charge is 0.143 e. The molecule has 0 aliphatic carbocycles. The lowest BCUT2D eigenvalue weighted by Gasteiger charge is -2.10. The largest absolute Gasteiger partial charge is 0.397 e. The molecule has 5 heteroatoms. The highest BCUT2D eigenvalue weighted by atomic mass is 35.5. The number of halogens is 2. The van der Waals surface area contributed by atoms with Gasteiger partial charge in [-0.15, -0.1) is 0 Å². The Morgan fingerprint density at radius 2 is 1.95 bits per heavy atom. The Morgan fingerprint density at radius 3 is 2.58 bits per heavy atom. The van der Waals surface area contributed by atoms with Crippen LogP contribution in [0.3, 0.4) is 0 Å². The number of nitrogens with two attached hydrogens (primary N) is 1. The van der Waals surface area contributed by atoms with Crippen molar-refractivity contribution in [2.45, 2.75) is 6.42 Å². The third-order valence-electron chi connectivity index (χ3n) is 2.61. The van der Waals surface area contributed by atoms with E-state index in [1.165, 1.54) is 12.1 Å². The van der Waals surface area contributed by atoms with E-state index in [9.17, 15) is 4.39 Å². The Bertz CT molecular complexity index is 632. The molecule has 19 heavy (non-hydrogen) atoms. The summed E-state index contributed by atoms with van der Waals surface area (Å²) in [6, 6.07) is 12.0. The van der Waals surface area contributed by atoms with Crippen molar-refractivity contribution in [3.63, 3.8) is 0 Å². The van der Waals surface area contributed by atoms with Crippen LogP contribution in [0.2, 0.25) is 5.02 Å². The molecule has 0 unspecified atom stereocenters. The average Bonchev–Trinajstić information content (AvgIpc) is 2.38. The molecule has 96 valence electrons. The van der Waals surface area contributed by atoms with Crippen molar-refractivity contribution in [3.05, 3.63) is 52.8 Å². The summed E-state index contributed by atoms with van der Waals surface area (Å²) >= 11 is 5.71. The van der Waals surface area contributed by atoms with E-state index in [1.807, 2.05) is 24.3 Å². The van der Waals surface area contributed by atoms with Crippen molar-refractivity contribution in [2.75, 3.05) is 11.1 Å². The van der Waals surface area contributed by atoms with Crippen LogP contribution in [-0.2, 0) is 6.42 Å². The van der Waals surface area contributed by atoms with Crippen molar-refractivity contribution in [1.29, 1.82) is 5.26 Å². The zero-order valence-electron chi connectivity index (χ0n) is 9.95. The van der Waals surface area contributed by atoms with Gasteiger partial charge in [-0.3, -0.25) is 0 Å². The summed E-state index contributed by atoms with van der Waals surface area (Å²) in [7, 11) is 0. The van der Waals surface area contributed by atoms with Crippen LogP contribution in [0.1, 0.15) is 5.56 Å². The molecule has 3 N–H and O–H groups in total. The first-order valence-corrected chi connectivity index (χ1v) is 5.95. The van der Waals surface area contributed by atoms with Crippen LogP contribution >= 0.6 is 11.6 Å². The molecule has 0 radical (unpaired) electrons. The molecule has 0 aliphatic rings. The van der Waals surface area contributed by atoms with E-state index in [4.69, 9.17) is 22.6 Å². The maximum atomic E-state index is 13.2. The van der Waals surface area contributed by atoms with E-state index in [0.29, 0.717) is 12.1 Å². The fourth-order valence-electron chi connectivity index (χ4n) is 1.62. The topological polar surface area (TPSA) is 61.8 Å². The summed E-state index contributed by atoms with van der Waals surface area (Å²) in [5.74, 6) is -0.547. The minimum Gasteiger partial charge on any atom is -0.397 e. The van der Waals surface area contributed by atoms with Crippen LogP contribution in [0.25, 0.3) is 0 Å². The molecule has 0 atom stereocenters. The Labute approximate surface area is 115 Å². The highest BCUT2D eigenvalue weighted by molar-refractivity contribution is 6.31. The van der Waals surface area contributed by atoms with Crippen molar-refractivity contribution in [1.82, 2.24) is 0 Å². The van der Waals surface area contributed by atoms with Crippen molar-refractivity contribution >= 4 is 28.7 Å². The molecular formula is C14H11ClFN3. The first-order valence-electron chi connectivity index (χ1n) is 5.57. The molecule has 0 saturated carbocycles. The Hall–Kier alpha value is -2.25. The minimum absolute atomic E-state index is 0.0119. The zero-order chi connectivity index (χ0) is 13.8. The SMILES string of the molecule is N#CCc1ccc(Nc2cc(Cl)c(F)cc2N)cc1. The predicted octanol–water partition coefficient (Wildman–Crippen LogP) is 3.87. The van der Waals surface area contributed by atoms with E-state index >= 15 is 0 Å². The molecule has 0 saturated heterocycles. The number of nitrogens with zero attached hydrogens (tertiary/aromatic N) is 1. The van der Waals surface area contributed by atoms with Gasteiger partial charge in [0.05, 0.1) is 28.9 Å². The Kier molecular flexibility index (Phi) is 3.88. The lowest BCUT2D eigenvalue weighted by molar-refractivity contribution is 0.629. The maximum Gasteiger partial charge on any atom is 0.143 e. The molecular weight excluding hydrogens is 265 g/mol. The van der Waals surface area contributed by atoms with E-state index in [-0.39, 0.29) is 10.7 Å². The third kappa shape index (κ3) is 3.15. The summed E-state index contributed by atoms with van der Waals surface area (Å²) in [5.41, 5.74) is 8.25. The third-order valence-corrected chi connectivity index (χ3v) is 2.90. The molecule has 0 amide bonds. The van der Waals surface area contributed by atoms with Crippen LogP contribution in [-0.4, -0.2) is 0 Å². The number of rotatable bonds is 3. The molecule has 2 aromatic carbocycles. The normalized spacial score (nSPS) is 9.95. The molecule has 0 bridgehead atoms. The highest BCUT2D eigenvalue weighted by Gasteiger charge is 2.06. The highest BCUT2D eigenvalue weighted by Crippen LogP contribution is 2.28. The quantitative estimate of drug-likeness (QED) is 0.836. The van der Waals surface area contributed by atoms with E-state index in [2.05, 4.69) is 11.4 Å². The van der Waals surface area contributed by atoms with Crippen LogP contribution in [0, 0.1) is 17.1 Å². The van der Waals surface area contributed by atoms with E-state index in [1.54, 1.807) is 0 Å². The van der Waals surface area contributed by atoms with Gasteiger partial charge in [0.1, 0.15) is 5.82 Å². The van der Waals surface area contributed by atoms with Gasteiger partial charge in [-0.2, -0.15) is 5.26 Å². The second-order valence-corrected chi connectivity index (χ2v) is 4.42. The van der Waals surface area contributed by atoms with Gasteiger partial charge in [0.2, 0.25) is 0 Å². The molecule has 2 aromatic rings. The van der Waals surface area contributed by atoms with Crippen molar-refractivity contribution in [3.8, 4) is 6.07 Å². The molecule has 0 fully saturated rings. The number of hydrogen-bond donors (Lipinski definition) is 2. The fraction of sp³-hybridized carbons (Fsp3) is 0.0714. The number of nitrogens with one attached hydrogen (secondary N) is 1. The second kappa shape index (κ2) is 5.59. The summed E-state index contributed by atoms with van der Waals surface area (Å²) in [6.07, 6.45) is 0.366. The van der Waals surface area contributed by atoms with Gasteiger partial charge in [0, 0.05) is 11.8 Å². The first kappa shape index (κ1) is 13.2. The number of nitriles is 1. The maximum absolute atomic E-state index is 13.2. The van der Waals surface area contributed by atoms with Crippen LogP contribution in [0.5, 0.6) is 0 Å². The van der Waals surface area contributed by atoms with Crippen LogP contribution in [0.4, 0.5) is 21.5 Å².